The summed E-state index contributed by atoms with van der Waals surface area (Å²) in [6.45, 7) is 1.75. The maximum Gasteiger partial charge on any atom is 0.319 e. The molecule has 0 bridgehead atoms. The van der Waals surface area contributed by atoms with Gasteiger partial charge in [-0.25, -0.2) is 9.18 Å². The predicted molar refractivity (Wildman–Crippen MR) is 72.5 cm³/mol. The molecule has 0 aliphatic carbocycles. The van der Waals surface area contributed by atoms with Crippen LogP contribution in [-0.4, -0.2) is 23.7 Å². The fourth-order valence-corrected chi connectivity index (χ4v) is 1.74. The fourth-order valence-electron chi connectivity index (χ4n) is 1.30. The minimum atomic E-state index is -0.918. The molecule has 0 aliphatic heterocycles. The Kier molecular flexibility index (Phi) is 5.75. The molecule has 1 aromatic rings. The molecule has 0 aliphatic rings. The highest BCUT2D eigenvalue weighted by atomic mass is 79.9. The first-order chi connectivity index (χ1) is 8.91. The number of hydrogen-bond donors (Lipinski definition) is 3. The van der Waals surface area contributed by atoms with Gasteiger partial charge in [0.2, 0.25) is 0 Å². The van der Waals surface area contributed by atoms with E-state index >= 15 is 0 Å². The average molecular weight is 333 g/mol. The summed E-state index contributed by atoms with van der Waals surface area (Å²) >= 11 is 3.13. The predicted octanol–water partition coefficient (Wildman–Crippen LogP) is 2.82. The molecule has 1 atom stereocenters. The van der Waals surface area contributed by atoms with Crippen LogP contribution in [0.2, 0.25) is 0 Å². The summed E-state index contributed by atoms with van der Waals surface area (Å²) in [4.78, 5) is 22.1. The molecular weight excluding hydrogens is 319 g/mol. The maximum absolute atomic E-state index is 13.4. The van der Waals surface area contributed by atoms with Gasteiger partial charge in [0.1, 0.15) is 5.82 Å². The topological polar surface area (TPSA) is 78.4 Å². The van der Waals surface area contributed by atoms with E-state index in [9.17, 15) is 14.0 Å². The van der Waals surface area contributed by atoms with Crippen LogP contribution in [0.15, 0.2) is 22.7 Å². The van der Waals surface area contributed by atoms with Crippen molar-refractivity contribution >= 4 is 33.6 Å². The van der Waals surface area contributed by atoms with Crippen LogP contribution in [0, 0.1) is 11.7 Å². The normalized spacial score (nSPS) is 11.7. The zero-order valence-electron chi connectivity index (χ0n) is 10.2. The number of halogens is 2. The molecule has 0 aromatic heterocycles. The lowest BCUT2D eigenvalue weighted by Gasteiger charge is -2.11. The summed E-state index contributed by atoms with van der Waals surface area (Å²) in [7, 11) is 0. The summed E-state index contributed by atoms with van der Waals surface area (Å²) < 4.78 is 13.8. The zero-order chi connectivity index (χ0) is 14.4. The van der Waals surface area contributed by atoms with Crippen LogP contribution >= 0.6 is 15.9 Å². The summed E-state index contributed by atoms with van der Waals surface area (Å²) in [5.74, 6) is -2.01. The smallest absolute Gasteiger partial charge is 0.319 e. The summed E-state index contributed by atoms with van der Waals surface area (Å²) in [6, 6.07) is 3.76. The van der Waals surface area contributed by atoms with Crippen LogP contribution in [0.1, 0.15) is 13.3 Å². The number of benzene rings is 1. The van der Waals surface area contributed by atoms with Crippen LogP contribution in [0.3, 0.4) is 0 Å². The van der Waals surface area contributed by atoms with Gasteiger partial charge in [0.25, 0.3) is 0 Å². The number of nitrogens with one attached hydrogen (secondary N) is 2. The number of amides is 2. The lowest BCUT2D eigenvalue weighted by Crippen LogP contribution is -2.31. The Morgan fingerprint density at radius 2 is 2.16 bits per heavy atom. The first kappa shape index (κ1) is 15.4. The van der Waals surface area contributed by atoms with E-state index in [0.29, 0.717) is 10.9 Å². The van der Waals surface area contributed by atoms with E-state index in [4.69, 9.17) is 5.11 Å². The van der Waals surface area contributed by atoms with Gasteiger partial charge in [-0.15, -0.1) is 0 Å². The Bertz CT molecular complexity index is 462. The highest BCUT2D eigenvalue weighted by Gasteiger charge is 2.12. The molecule has 7 heteroatoms. The van der Waals surface area contributed by atoms with Gasteiger partial charge in [0.05, 0.1) is 11.6 Å². The zero-order valence-corrected chi connectivity index (χ0v) is 11.8. The van der Waals surface area contributed by atoms with Crippen molar-refractivity contribution in [3.63, 3.8) is 0 Å². The molecule has 1 aromatic carbocycles. The number of rotatable bonds is 5. The van der Waals surface area contributed by atoms with Crippen molar-refractivity contribution in [2.75, 3.05) is 11.9 Å². The summed E-state index contributed by atoms with van der Waals surface area (Å²) in [6.07, 6.45) is 0.307. The first-order valence-corrected chi connectivity index (χ1v) is 6.42. The van der Waals surface area contributed by atoms with Gasteiger partial charge >= 0.3 is 12.0 Å². The number of carbonyl (C=O) groups excluding carboxylic acids is 1. The highest BCUT2D eigenvalue weighted by molar-refractivity contribution is 9.10. The van der Waals surface area contributed by atoms with E-state index < -0.39 is 23.7 Å². The standard InChI is InChI=1S/C12H14BrFN2O3/c1-7(11(17)18)5-6-15-12(19)16-10-8(13)3-2-4-9(10)14/h2-4,7H,5-6H2,1H3,(H,17,18)(H2,15,16,19). The first-order valence-electron chi connectivity index (χ1n) is 5.63. The quantitative estimate of drug-likeness (QED) is 0.775. The fraction of sp³-hybridized carbons (Fsp3) is 0.333. The molecular formula is C12H14BrFN2O3. The highest BCUT2D eigenvalue weighted by Crippen LogP contribution is 2.24. The number of carbonyl (C=O) groups is 2. The molecule has 0 spiro atoms. The van der Waals surface area contributed by atoms with Crippen molar-refractivity contribution in [3.8, 4) is 0 Å². The van der Waals surface area contributed by atoms with Gasteiger partial charge < -0.3 is 15.7 Å². The van der Waals surface area contributed by atoms with Gasteiger partial charge in [-0.1, -0.05) is 13.0 Å². The minimum absolute atomic E-state index is 0.0475. The van der Waals surface area contributed by atoms with Crippen molar-refractivity contribution < 1.29 is 19.1 Å². The van der Waals surface area contributed by atoms with Crippen LogP contribution in [0.5, 0.6) is 0 Å². The Morgan fingerprint density at radius 1 is 1.47 bits per heavy atom. The van der Waals surface area contributed by atoms with Crippen molar-refractivity contribution in [3.05, 3.63) is 28.5 Å². The van der Waals surface area contributed by atoms with Crippen LogP contribution in [-0.2, 0) is 4.79 Å². The largest absolute Gasteiger partial charge is 0.481 e. The third-order valence-corrected chi connectivity index (χ3v) is 3.15. The van der Waals surface area contributed by atoms with Gasteiger partial charge in [-0.05, 0) is 34.5 Å². The number of para-hydroxylation sites is 1. The molecule has 1 rings (SSSR count). The Morgan fingerprint density at radius 3 is 2.74 bits per heavy atom. The molecule has 0 radical (unpaired) electrons. The minimum Gasteiger partial charge on any atom is -0.481 e. The second-order valence-electron chi connectivity index (χ2n) is 4.01. The third-order valence-electron chi connectivity index (χ3n) is 2.49. The average Bonchev–Trinajstić information content (AvgIpc) is 2.33. The molecule has 0 fully saturated rings. The van der Waals surface area contributed by atoms with E-state index in [-0.39, 0.29) is 12.2 Å². The second-order valence-corrected chi connectivity index (χ2v) is 4.86. The molecule has 0 saturated carbocycles. The van der Waals surface area contributed by atoms with E-state index in [0.717, 1.165) is 0 Å². The SMILES string of the molecule is CC(CCNC(=O)Nc1c(F)cccc1Br)C(=O)O. The van der Waals surface area contributed by atoms with E-state index in [1.54, 1.807) is 13.0 Å². The van der Waals surface area contributed by atoms with Crippen molar-refractivity contribution in [1.82, 2.24) is 5.32 Å². The molecule has 0 saturated heterocycles. The number of carboxylic acids is 1. The van der Waals surface area contributed by atoms with Gasteiger partial charge in [0.15, 0.2) is 0 Å². The van der Waals surface area contributed by atoms with Gasteiger partial charge in [0, 0.05) is 11.0 Å². The number of anilines is 1. The molecule has 5 nitrogen and oxygen atoms in total. The maximum atomic E-state index is 13.4. The molecule has 1 unspecified atom stereocenters. The number of hydrogen-bond acceptors (Lipinski definition) is 2. The molecule has 19 heavy (non-hydrogen) atoms. The van der Waals surface area contributed by atoms with Crippen LogP contribution in [0.4, 0.5) is 14.9 Å². The molecule has 3 N–H and O–H groups in total. The second kappa shape index (κ2) is 7.08. The monoisotopic (exact) mass is 332 g/mol. The Labute approximate surface area is 118 Å². The van der Waals surface area contributed by atoms with E-state index in [1.165, 1.54) is 12.1 Å². The van der Waals surface area contributed by atoms with Crippen molar-refractivity contribution in [2.45, 2.75) is 13.3 Å². The third kappa shape index (κ3) is 4.86. The molecule has 2 amide bonds. The van der Waals surface area contributed by atoms with Crippen molar-refractivity contribution in [2.24, 2.45) is 5.92 Å². The number of urea groups is 1. The summed E-state index contributed by atoms with van der Waals surface area (Å²) in [5.41, 5.74) is 0.0475. The molecule has 104 valence electrons. The number of aliphatic carboxylic acids is 1. The summed E-state index contributed by atoms with van der Waals surface area (Å²) in [5, 5.41) is 13.5. The van der Waals surface area contributed by atoms with Crippen LogP contribution in [0.25, 0.3) is 0 Å². The van der Waals surface area contributed by atoms with Gasteiger partial charge in [-0.2, -0.15) is 0 Å². The van der Waals surface area contributed by atoms with E-state index in [2.05, 4.69) is 26.6 Å². The lowest BCUT2D eigenvalue weighted by atomic mass is 10.1. The van der Waals surface area contributed by atoms with Gasteiger partial charge in [-0.3, -0.25) is 4.79 Å². The van der Waals surface area contributed by atoms with Crippen molar-refractivity contribution in [1.29, 1.82) is 0 Å². The number of carboxylic acid groups (broad SMARTS) is 1. The van der Waals surface area contributed by atoms with Crippen LogP contribution < -0.4 is 10.6 Å². The van der Waals surface area contributed by atoms with E-state index in [1.807, 2.05) is 0 Å². The Hall–Kier alpha value is -1.63. The lowest BCUT2D eigenvalue weighted by molar-refractivity contribution is -0.141. The Balaban J connectivity index is 2.46. The molecule has 0 heterocycles.